The van der Waals surface area contributed by atoms with Gasteiger partial charge in [-0.05, 0) is 38.1 Å². The highest BCUT2D eigenvalue weighted by Gasteiger charge is 2.64. The summed E-state index contributed by atoms with van der Waals surface area (Å²) in [6, 6.07) is 4.23. The van der Waals surface area contributed by atoms with Crippen molar-refractivity contribution in [3.63, 3.8) is 0 Å². The number of aromatic hydroxyl groups is 1. The molecule has 4 nitrogen and oxygen atoms in total. The van der Waals surface area contributed by atoms with Gasteiger partial charge in [-0.3, -0.25) is 0 Å². The lowest BCUT2D eigenvalue weighted by Gasteiger charge is -2.56. The minimum Gasteiger partial charge on any atom is -0.504 e. The fraction of sp³-hybridized carbons (Fsp3) is 0.529. The van der Waals surface area contributed by atoms with Crippen molar-refractivity contribution in [3.8, 4) is 11.5 Å². The normalized spacial score (nSPS) is 42.6. The number of benzene rings is 1. The number of phenolic OH excluding ortho intramolecular Hbond substituents is 1. The van der Waals surface area contributed by atoms with Crippen LogP contribution in [0.1, 0.15) is 17.5 Å². The quantitative estimate of drug-likeness (QED) is 0.703. The van der Waals surface area contributed by atoms with Crippen LogP contribution in [-0.4, -0.2) is 47.0 Å². The molecule has 0 radical (unpaired) electrons. The first kappa shape index (κ1) is 12.1. The van der Waals surface area contributed by atoms with E-state index < -0.39 is 6.10 Å². The lowest BCUT2D eigenvalue weighted by Crippen LogP contribution is -2.64. The van der Waals surface area contributed by atoms with Crippen LogP contribution in [0.2, 0.25) is 0 Å². The van der Waals surface area contributed by atoms with Gasteiger partial charge in [0, 0.05) is 22.9 Å². The summed E-state index contributed by atoms with van der Waals surface area (Å²) in [6.45, 7) is 1.01. The molecule has 5 rings (SSSR count). The minimum absolute atomic E-state index is 0.160. The predicted molar refractivity (Wildman–Crippen MR) is 77.6 cm³/mol. The van der Waals surface area contributed by atoms with E-state index in [0.29, 0.717) is 17.7 Å². The van der Waals surface area contributed by atoms with Crippen molar-refractivity contribution in [2.24, 2.45) is 5.92 Å². The Hall–Kier alpha value is -1.52. The second-order valence-corrected chi connectivity index (χ2v) is 6.93. The van der Waals surface area contributed by atoms with Gasteiger partial charge in [-0.1, -0.05) is 18.2 Å². The van der Waals surface area contributed by atoms with Crippen LogP contribution in [0.25, 0.3) is 0 Å². The van der Waals surface area contributed by atoms with Crippen LogP contribution in [0.4, 0.5) is 0 Å². The van der Waals surface area contributed by atoms with Crippen molar-refractivity contribution in [2.75, 3.05) is 13.6 Å². The smallest absolute Gasteiger partial charge is 0.165 e. The van der Waals surface area contributed by atoms with E-state index in [9.17, 15) is 10.2 Å². The van der Waals surface area contributed by atoms with Crippen molar-refractivity contribution >= 4 is 0 Å². The van der Waals surface area contributed by atoms with Gasteiger partial charge in [-0.2, -0.15) is 0 Å². The third-order valence-corrected chi connectivity index (χ3v) is 6.15. The van der Waals surface area contributed by atoms with Crippen molar-refractivity contribution in [2.45, 2.75) is 36.5 Å². The van der Waals surface area contributed by atoms with Crippen LogP contribution in [0.5, 0.6) is 11.5 Å². The van der Waals surface area contributed by atoms with Crippen LogP contribution in [0.3, 0.4) is 0 Å². The maximum Gasteiger partial charge on any atom is 0.165 e. The minimum atomic E-state index is -0.594. The molecular formula is C17H19NO3. The second kappa shape index (κ2) is 3.62. The summed E-state index contributed by atoms with van der Waals surface area (Å²) in [7, 11) is 2.19. The second-order valence-electron chi connectivity index (χ2n) is 6.93. The summed E-state index contributed by atoms with van der Waals surface area (Å²) in [5.74, 6) is 1.19. The Kier molecular flexibility index (Phi) is 2.08. The summed E-state index contributed by atoms with van der Waals surface area (Å²) in [5, 5.41) is 20.6. The number of aliphatic hydroxyl groups is 1. The number of hydrogen-bond acceptors (Lipinski definition) is 4. The van der Waals surface area contributed by atoms with Crippen molar-refractivity contribution < 1.29 is 14.9 Å². The van der Waals surface area contributed by atoms with Crippen LogP contribution in [0.15, 0.2) is 24.3 Å². The molecule has 0 amide bonds. The number of hydrogen-bond donors (Lipinski definition) is 2. The number of ether oxygens (including phenoxy) is 1. The van der Waals surface area contributed by atoms with E-state index >= 15 is 0 Å². The summed E-state index contributed by atoms with van der Waals surface area (Å²) >= 11 is 0. The van der Waals surface area contributed by atoms with E-state index in [2.05, 4.69) is 18.0 Å². The molecule has 1 spiro atoms. The predicted octanol–water partition coefficient (Wildman–Crippen LogP) is 1.20. The molecule has 2 N–H and O–H groups in total. The highest BCUT2D eigenvalue weighted by Crippen LogP contribution is 2.62. The molecule has 2 heterocycles. The van der Waals surface area contributed by atoms with E-state index in [1.807, 2.05) is 12.1 Å². The summed E-state index contributed by atoms with van der Waals surface area (Å²) in [4.78, 5) is 2.43. The third-order valence-electron chi connectivity index (χ3n) is 6.15. The van der Waals surface area contributed by atoms with Gasteiger partial charge < -0.3 is 19.8 Å². The molecule has 0 unspecified atom stereocenters. The van der Waals surface area contributed by atoms with Gasteiger partial charge in [0.25, 0.3) is 0 Å². The largest absolute Gasteiger partial charge is 0.504 e. The molecule has 2 bridgehead atoms. The van der Waals surface area contributed by atoms with Gasteiger partial charge in [0.1, 0.15) is 12.2 Å². The molecule has 5 atom stereocenters. The molecule has 110 valence electrons. The van der Waals surface area contributed by atoms with Crippen LogP contribution < -0.4 is 4.74 Å². The average molecular weight is 285 g/mol. The number of likely N-dealkylation sites (N-methyl/N-ethyl adjacent to an activating group) is 1. The van der Waals surface area contributed by atoms with Gasteiger partial charge in [-0.25, -0.2) is 0 Å². The average Bonchev–Trinajstić information content (AvgIpc) is 2.83. The lowest BCUT2D eigenvalue weighted by atomic mass is 9.53. The first-order valence-corrected chi connectivity index (χ1v) is 7.71. The standard InChI is InChI=1S/C17H19NO3/c1-18-7-6-17-10-3-5-13(20)16(17)21-15-12(19)4-2-9(14(15)17)8-11(10)18/h2-5,10-11,13,16,19-20H,6-8H2,1H3/t10-,11-,13+,16+,17-/m1/s1. The van der Waals surface area contributed by atoms with E-state index in [1.54, 1.807) is 6.07 Å². The maximum atomic E-state index is 10.4. The molecule has 4 heteroatoms. The fourth-order valence-corrected chi connectivity index (χ4v) is 5.24. The Bertz CT molecular complexity index is 670. The molecule has 1 aromatic carbocycles. The number of phenols is 1. The Morgan fingerprint density at radius 3 is 3.05 bits per heavy atom. The van der Waals surface area contributed by atoms with E-state index in [1.165, 1.54) is 11.1 Å². The SMILES string of the molecule is CN1CC[C@@]23c4c5ccc(O)c4O[C@H]2[C@@H](O)C=C[C@@H]3[C@H]1C5. The molecule has 2 aliphatic carbocycles. The molecular weight excluding hydrogens is 266 g/mol. The Morgan fingerprint density at radius 1 is 1.33 bits per heavy atom. The van der Waals surface area contributed by atoms with Crippen LogP contribution >= 0.6 is 0 Å². The zero-order valence-electron chi connectivity index (χ0n) is 12.0. The fourth-order valence-electron chi connectivity index (χ4n) is 5.24. The molecule has 1 aromatic rings. The monoisotopic (exact) mass is 285 g/mol. The highest BCUT2D eigenvalue weighted by atomic mass is 16.5. The first-order chi connectivity index (χ1) is 10.1. The lowest BCUT2D eigenvalue weighted by molar-refractivity contribution is -0.0453. The van der Waals surface area contributed by atoms with E-state index in [-0.39, 0.29) is 17.3 Å². The van der Waals surface area contributed by atoms with Gasteiger partial charge in [0.2, 0.25) is 0 Å². The molecule has 1 fully saturated rings. The Labute approximate surface area is 123 Å². The Morgan fingerprint density at radius 2 is 2.19 bits per heavy atom. The number of likely N-dealkylation sites (tertiary alicyclic amines) is 1. The third kappa shape index (κ3) is 1.21. The summed E-state index contributed by atoms with van der Waals surface area (Å²) in [6.07, 6.45) is 5.18. The summed E-state index contributed by atoms with van der Waals surface area (Å²) < 4.78 is 6.09. The molecule has 21 heavy (non-hydrogen) atoms. The van der Waals surface area contributed by atoms with E-state index in [4.69, 9.17) is 4.74 Å². The van der Waals surface area contributed by atoms with Gasteiger partial charge >= 0.3 is 0 Å². The summed E-state index contributed by atoms with van der Waals surface area (Å²) in [5.41, 5.74) is 2.29. The maximum absolute atomic E-state index is 10.4. The highest BCUT2D eigenvalue weighted by molar-refractivity contribution is 5.61. The van der Waals surface area contributed by atoms with Gasteiger partial charge in [-0.15, -0.1) is 0 Å². The molecule has 0 aromatic heterocycles. The van der Waals surface area contributed by atoms with Crippen molar-refractivity contribution in [1.29, 1.82) is 0 Å². The molecule has 2 aliphatic heterocycles. The van der Waals surface area contributed by atoms with Gasteiger partial charge in [0.05, 0.1) is 0 Å². The zero-order chi connectivity index (χ0) is 14.4. The van der Waals surface area contributed by atoms with Crippen molar-refractivity contribution in [3.05, 3.63) is 35.4 Å². The van der Waals surface area contributed by atoms with Crippen LogP contribution in [-0.2, 0) is 11.8 Å². The zero-order valence-corrected chi connectivity index (χ0v) is 12.0. The number of aliphatic hydroxyl groups excluding tert-OH is 1. The first-order valence-electron chi connectivity index (χ1n) is 7.71. The molecule has 4 aliphatic rings. The van der Waals surface area contributed by atoms with Crippen molar-refractivity contribution in [1.82, 2.24) is 4.90 Å². The van der Waals surface area contributed by atoms with Crippen LogP contribution in [0, 0.1) is 5.92 Å². The number of nitrogens with zero attached hydrogens (tertiary/aromatic N) is 1. The van der Waals surface area contributed by atoms with E-state index in [0.717, 1.165) is 19.4 Å². The number of rotatable bonds is 0. The molecule has 0 saturated carbocycles. The topological polar surface area (TPSA) is 52.9 Å². The number of piperidine rings is 1. The van der Waals surface area contributed by atoms with Gasteiger partial charge in [0.15, 0.2) is 11.5 Å². The molecule has 1 saturated heterocycles. The Balaban J connectivity index is 1.84.